The number of carbonyl (C=O) groups is 1. The van der Waals surface area contributed by atoms with Crippen molar-refractivity contribution in [3.63, 3.8) is 0 Å². The van der Waals surface area contributed by atoms with Crippen LogP contribution in [-0.2, 0) is 0 Å². The zero-order valence-corrected chi connectivity index (χ0v) is 28.1. The predicted octanol–water partition coefficient (Wildman–Crippen LogP) is 11.9. The van der Waals surface area contributed by atoms with Crippen LogP contribution in [-0.4, -0.2) is 24.0 Å². The lowest BCUT2D eigenvalue weighted by Gasteiger charge is -2.28. The van der Waals surface area contributed by atoms with E-state index >= 15 is 0 Å². The van der Waals surface area contributed by atoms with E-state index in [9.17, 15) is 4.79 Å². The van der Waals surface area contributed by atoms with Crippen molar-refractivity contribution < 1.29 is 9.53 Å². The maximum atomic E-state index is 12.7. The average molecular weight is 651 g/mol. The van der Waals surface area contributed by atoms with Crippen LogP contribution in [0.5, 0.6) is 5.75 Å². The Morgan fingerprint density at radius 3 is 2.09 bits per heavy atom. The number of benzene rings is 3. The molecule has 0 saturated heterocycles. The highest BCUT2D eigenvalue weighted by Gasteiger charge is 2.21. The fourth-order valence-corrected chi connectivity index (χ4v) is 7.72. The molecule has 10 heteroatoms. The van der Waals surface area contributed by atoms with E-state index in [0.29, 0.717) is 28.0 Å². The number of aromatic nitrogens is 1. The van der Waals surface area contributed by atoms with Crippen LogP contribution >= 0.6 is 22.7 Å². The third kappa shape index (κ3) is 7.74. The molecule has 2 heterocycles. The van der Waals surface area contributed by atoms with E-state index in [1.165, 1.54) is 66.0 Å². The minimum absolute atomic E-state index is 0.367. The number of carbonyl (C=O) groups excluding carboxylic acids is 1. The van der Waals surface area contributed by atoms with Gasteiger partial charge in [0.05, 0.1) is 21.6 Å². The third-order valence-electron chi connectivity index (χ3n) is 8.65. The molecule has 1 saturated carbocycles. The van der Waals surface area contributed by atoms with Gasteiger partial charge in [-0.05, 0) is 124 Å². The highest BCUT2D eigenvalue weighted by molar-refractivity contribution is 7.30. The lowest BCUT2D eigenvalue weighted by Crippen LogP contribution is -2.21. The highest BCUT2D eigenvalue weighted by atomic mass is 32.1. The fourth-order valence-electron chi connectivity index (χ4n) is 5.87. The number of hydrogen-bond acceptors (Lipinski definition) is 10. The van der Waals surface area contributed by atoms with Crippen molar-refractivity contribution in [1.29, 1.82) is 0 Å². The summed E-state index contributed by atoms with van der Waals surface area (Å²) in [6, 6.07) is 25.0. The van der Waals surface area contributed by atoms with Crippen LogP contribution in [0.25, 0.3) is 9.53 Å². The first-order chi connectivity index (χ1) is 22.5. The molecule has 0 amide bonds. The van der Waals surface area contributed by atoms with Crippen molar-refractivity contribution in [2.75, 3.05) is 18.0 Å². The molecule has 1 fully saturated rings. The number of azo groups is 2. The number of fused-ring (bicyclic) bond motifs is 1. The zero-order valence-electron chi connectivity index (χ0n) is 26.4. The van der Waals surface area contributed by atoms with Crippen LogP contribution < -0.4 is 9.64 Å². The monoisotopic (exact) mass is 650 g/mol. The van der Waals surface area contributed by atoms with Gasteiger partial charge < -0.3 is 9.64 Å². The fraction of sp³-hybridized carbons (Fsp3) is 0.333. The molecular formula is C36H38N6O2S2. The average Bonchev–Trinajstić information content (AvgIpc) is 3.67. The molecule has 8 nitrogen and oxygen atoms in total. The maximum absolute atomic E-state index is 12.7. The van der Waals surface area contributed by atoms with Crippen LogP contribution in [0.15, 0.2) is 99.3 Å². The quantitative estimate of drug-likeness (QED) is 0.0807. The Morgan fingerprint density at radius 1 is 0.804 bits per heavy atom. The minimum Gasteiger partial charge on any atom is -0.423 e. The Labute approximate surface area is 277 Å². The van der Waals surface area contributed by atoms with Gasteiger partial charge in [-0.2, -0.15) is 0 Å². The molecule has 0 aliphatic heterocycles. The summed E-state index contributed by atoms with van der Waals surface area (Å²) in [7, 11) is 0. The van der Waals surface area contributed by atoms with Gasteiger partial charge in [-0.25, -0.2) is 9.78 Å². The smallest absolute Gasteiger partial charge is 0.343 e. The number of nitrogens with zero attached hydrogens (tertiary/aromatic N) is 6. The molecule has 0 N–H and O–H groups in total. The Morgan fingerprint density at radius 2 is 1.46 bits per heavy atom. The van der Waals surface area contributed by atoms with Gasteiger partial charge in [0, 0.05) is 18.8 Å². The van der Waals surface area contributed by atoms with E-state index in [-0.39, 0.29) is 5.97 Å². The van der Waals surface area contributed by atoms with Gasteiger partial charge in [0.15, 0.2) is 0 Å². The first-order valence-corrected chi connectivity index (χ1v) is 17.7. The Kier molecular flexibility index (Phi) is 10.2. The second-order valence-electron chi connectivity index (χ2n) is 11.5. The van der Waals surface area contributed by atoms with Crippen molar-refractivity contribution in [2.24, 2.45) is 26.4 Å². The normalized spacial score (nSPS) is 16.8. The number of thiazole rings is 1. The standard InChI is InChI=1S/C36H38N6O2S2/c1-4-24-7-9-25(10-8-24)26-11-13-27(14-12-26)35(43)44-31-21-17-29(18-22-31)38-40-33-23-32-34(46-33)37-36(45-32)41-39-28-15-19-30(20-16-28)42(5-2)6-3/h11-25H,4-10H2,1-3H3. The first-order valence-electron chi connectivity index (χ1n) is 16.0. The van der Waals surface area contributed by atoms with Crippen molar-refractivity contribution >= 4 is 65.4 Å². The first kappa shape index (κ1) is 31.7. The summed E-state index contributed by atoms with van der Waals surface area (Å²) in [6.07, 6.45) is 6.33. The molecular weight excluding hydrogens is 613 g/mol. The molecule has 2 aromatic heterocycles. The molecule has 6 rings (SSSR count). The molecule has 0 unspecified atom stereocenters. The summed E-state index contributed by atoms with van der Waals surface area (Å²) in [5.74, 6) is 1.56. The van der Waals surface area contributed by atoms with Crippen LogP contribution in [0.2, 0.25) is 0 Å². The molecule has 1 aliphatic rings. The summed E-state index contributed by atoms with van der Waals surface area (Å²) in [5, 5.41) is 18.8. The number of rotatable bonds is 11. The predicted molar refractivity (Wildman–Crippen MR) is 189 cm³/mol. The molecule has 236 valence electrons. The van der Waals surface area contributed by atoms with Gasteiger partial charge in [0.1, 0.15) is 15.6 Å². The van der Waals surface area contributed by atoms with Gasteiger partial charge >= 0.3 is 5.97 Å². The summed E-state index contributed by atoms with van der Waals surface area (Å²) in [6.45, 7) is 8.51. The van der Waals surface area contributed by atoms with Crippen LogP contribution in [0.1, 0.15) is 74.7 Å². The lowest BCUT2D eigenvalue weighted by molar-refractivity contribution is 0.0734. The molecule has 0 spiro atoms. The van der Waals surface area contributed by atoms with Crippen molar-refractivity contribution in [3.05, 3.63) is 90.0 Å². The minimum atomic E-state index is -0.367. The van der Waals surface area contributed by atoms with Gasteiger partial charge in [-0.3, -0.25) is 0 Å². The van der Waals surface area contributed by atoms with Crippen LogP contribution in [0.4, 0.5) is 27.2 Å². The van der Waals surface area contributed by atoms with Gasteiger partial charge in [0.25, 0.3) is 0 Å². The molecule has 1 aliphatic carbocycles. The molecule has 46 heavy (non-hydrogen) atoms. The van der Waals surface area contributed by atoms with Crippen molar-refractivity contribution in [3.8, 4) is 5.75 Å². The summed E-state index contributed by atoms with van der Waals surface area (Å²) < 4.78 is 6.60. The van der Waals surface area contributed by atoms with Gasteiger partial charge in [0.2, 0.25) is 5.13 Å². The van der Waals surface area contributed by atoms with Gasteiger partial charge in [-0.15, -0.1) is 20.5 Å². The van der Waals surface area contributed by atoms with E-state index in [4.69, 9.17) is 4.74 Å². The number of ether oxygens (including phenoxy) is 1. The lowest BCUT2D eigenvalue weighted by atomic mass is 9.78. The van der Waals surface area contributed by atoms with Crippen LogP contribution in [0, 0.1) is 5.92 Å². The van der Waals surface area contributed by atoms with Gasteiger partial charge in [-0.1, -0.05) is 48.2 Å². The van der Waals surface area contributed by atoms with E-state index in [2.05, 4.69) is 75.4 Å². The molecule has 5 aromatic rings. The van der Waals surface area contributed by atoms with Crippen molar-refractivity contribution in [1.82, 2.24) is 4.98 Å². The topological polar surface area (TPSA) is 91.9 Å². The molecule has 3 aromatic carbocycles. The zero-order chi connectivity index (χ0) is 31.9. The van der Waals surface area contributed by atoms with Crippen LogP contribution in [0.3, 0.4) is 0 Å². The largest absolute Gasteiger partial charge is 0.423 e. The third-order valence-corrected chi connectivity index (χ3v) is 10.6. The molecule has 0 bridgehead atoms. The van der Waals surface area contributed by atoms with E-state index < -0.39 is 0 Å². The highest BCUT2D eigenvalue weighted by Crippen LogP contribution is 2.40. The summed E-state index contributed by atoms with van der Waals surface area (Å²) >= 11 is 2.92. The Balaban J connectivity index is 1.01. The number of esters is 1. The number of hydrogen-bond donors (Lipinski definition) is 0. The second kappa shape index (κ2) is 14.9. The van der Waals surface area contributed by atoms with E-state index in [0.717, 1.165) is 39.2 Å². The van der Waals surface area contributed by atoms with E-state index in [1.54, 1.807) is 24.3 Å². The van der Waals surface area contributed by atoms with Crippen molar-refractivity contribution in [2.45, 2.75) is 58.8 Å². The number of anilines is 1. The number of thiophene rings is 1. The SMILES string of the molecule is CCC1CCC(c2ccc(C(=O)Oc3ccc(N=Nc4cc5sc(N=Nc6ccc(N(CC)CC)cc6)nc5s4)cc3)cc2)CC1. The maximum Gasteiger partial charge on any atom is 0.343 e. The summed E-state index contributed by atoms with van der Waals surface area (Å²) in [4.78, 5) is 20.5. The van der Waals surface area contributed by atoms with E-state index in [1.807, 2.05) is 30.3 Å². The molecule has 0 atom stereocenters. The Bertz CT molecular complexity index is 1770. The Hall–Kier alpha value is -4.28. The second-order valence-corrected chi connectivity index (χ2v) is 13.5. The molecule has 0 radical (unpaired) electrons. The summed E-state index contributed by atoms with van der Waals surface area (Å²) in [5.41, 5.74) is 4.50.